The molecule has 0 saturated carbocycles. The van der Waals surface area contributed by atoms with Gasteiger partial charge in [0.2, 0.25) is 0 Å². The highest BCUT2D eigenvalue weighted by atomic mass is 32.2. The van der Waals surface area contributed by atoms with Gasteiger partial charge >= 0.3 is 0 Å². The van der Waals surface area contributed by atoms with Gasteiger partial charge < -0.3 is 15.6 Å². The first-order chi connectivity index (χ1) is 8.91. The molecular weight excluding hydrogens is 266 g/mol. The van der Waals surface area contributed by atoms with Crippen molar-refractivity contribution in [2.75, 3.05) is 17.2 Å². The summed E-state index contributed by atoms with van der Waals surface area (Å²) in [6.45, 7) is 2.73. The molecule has 1 fully saturated rings. The van der Waals surface area contributed by atoms with Crippen molar-refractivity contribution in [3.05, 3.63) is 18.0 Å². The first kappa shape index (κ1) is 13.9. The lowest BCUT2D eigenvalue weighted by molar-refractivity contribution is 0.0931. The Balaban J connectivity index is 2.08. The Labute approximate surface area is 112 Å². The molecule has 3 N–H and O–H groups in total. The molecule has 1 aliphatic rings. The Morgan fingerprint density at radius 3 is 2.89 bits per heavy atom. The molecule has 106 valence electrons. The predicted molar refractivity (Wildman–Crippen MR) is 73.7 cm³/mol. The maximum atomic E-state index is 12.1. The molecule has 19 heavy (non-hydrogen) atoms. The SMILES string of the molecule is CCCn1cc(N)cc1C(=O)NC1CCS(=O)(=O)C1. The molecule has 7 heteroatoms. The van der Waals surface area contributed by atoms with E-state index in [1.807, 2.05) is 6.92 Å². The second kappa shape index (κ2) is 5.24. The van der Waals surface area contributed by atoms with Gasteiger partial charge in [0, 0.05) is 18.8 Å². The van der Waals surface area contributed by atoms with Crippen LogP contribution in [-0.2, 0) is 16.4 Å². The van der Waals surface area contributed by atoms with Gasteiger partial charge in [0.05, 0.1) is 17.2 Å². The zero-order chi connectivity index (χ0) is 14.0. The largest absolute Gasteiger partial charge is 0.397 e. The van der Waals surface area contributed by atoms with Gasteiger partial charge in [-0.15, -0.1) is 0 Å². The van der Waals surface area contributed by atoms with Crippen molar-refractivity contribution in [2.45, 2.75) is 32.4 Å². The summed E-state index contributed by atoms with van der Waals surface area (Å²) in [5.41, 5.74) is 6.73. The third-order valence-corrected chi connectivity index (χ3v) is 4.95. The smallest absolute Gasteiger partial charge is 0.268 e. The van der Waals surface area contributed by atoms with Crippen molar-refractivity contribution in [2.24, 2.45) is 0 Å². The quantitative estimate of drug-likeness (QED) is 0.837. The van der Waals surface area contributed by atoms with Crippen molar-refractivity contribution < 1.29 is 13.2 Å². The van der Waals surface area contributed by atoms with Gasteiger partial charge in [-0.3, -0.25) is 4.79 Å². The minimum absolute atomic E-state index is 0.0305. The zero-order valence-corrected chi connectivity index (χ0v) is 11.7. The highest BCUT2D eigenvalue weighted by Gasteiger charge is 2.29. The van der Waals surface area contributed by atoms with Gasteiger partial charge in [-0.05, 0) is 18.9 Å². The maximum Gasteiger partial charge on any atom is 0.268 e. The summed E-state index contributed by atoms with van der Waals surface area (Å²) in [4.78, 5) is 12.1. The van der Waals surface area contributed by atoms with E-state index in [-0.39, 0.29) is 23.5 Å². The highest BCUT2D eigenvalue weighted by Crippen LogP contribution is 2.15. The van der Waals surface area contributed by atoms with E-state index in [1.165, 1.54) is 0 Å². The van der Waals surface area contributed by atoms with Crippen LogP contribution in [0.25, 0.3) is 0 Å². The molecule has 0 aliphatic carbocycles. The highest BCUT2D eigenvalue weighted by molar-refractivity contribution is 7.91. The number of nitrogen functional groups attached to an aromatic ring is 1. The second-order valence-corrected chi connectivity index (χ2v) is 7.15. The molecule has 1 atom stereocenters. The van der Waals surface area contributed by atoms with Crippen LogP contribution in [0.4, 0.5) is 5.69 Å². The third-order valence-electron chi connectivity index (χ3n) is 3.18. The molecule has 1 amide bonds. The van der Waals surface area contributed by atoms with E-state index in [4.69, 9.17) is 5.73 Å². The van der Waals surface area contributed by atoms with E-state index >= 15 is 0 Å². The van der Waals surface area contributed by atoms with Crippen molar-refractivity contribution in [1.82, 2.24) is 9.88 Å². The van der Waals surface area contributed by atoms with Gasteiger partial charge in [0.25, 0.3) is 5.91 Å². The predicted octanol–water partition coefficient (Wildman–Crippen LogP) is 0.397. The topological polar surface area (TPSA) is 94.2 Å². The third kappa shape index (κ3) is 3.28. The molecule has 1 aromatic rings. The minimum atomic E-state index is -2.98. The Morgan fingerprint density at radius 1 is 1.58 bits per heavy atom. The van der Waals surface area contributed by atoms with Gasteiger partial charge in [-0.1, -0.05) is 6.92 Å². The Morgan fingerprint density at radius 2 is 2.32 bits per heavy atom. The normalized spacial score (nSPS) is 21.4. The van der Waals surface area contributed by atoms with Crippen LogP contribution in [0.2, 0.25) is 0 Å². The molecule has 2 heterocycles. The number of aryl methyl sites for hydroxylation is 1. The van der Waals surface area contributed by atoms with Crippen LogP contribution in [0.5, 0.6) is 0 Å². The first-order valence-electron chi connectivity index (χ1n) is 6.38. The molecule has 1 aromatic heterocycles. The van der Waals surface area contributed by atoms with Crippen LogP contribution >= 0.6 is 0 Å². The number of nitrogens with one attached hydrogen (secondary N) is 1. The lowest BCUT2D eigenvalue weighted by atomic mass is 10.2. The number of anilines is 1. The molecule has 1 unspecified atom stereocenters. The lowest BCUT2D eigenvalue weighted by Gasteiger charge is -2.12. The van der Waals surface area contributed by atoms with E-state index in [2.05, 4.69) is 5.32 Å². The molecule has 0 radical (unpaired) electrons. The summed E-state index contributed by atoms with van der Waals surface area (Å²) in [5, 5.41) is 2.77. The Kier molecular flexibility index (Phi) is 3.84. The number of hydrogen-bond acceptors (Lipinski definition) is 4. The molecule has 1 saturated heterocycles. The zero-order valence-electron chi connectivity index (χ0n) is 10.9. The van der Waals surface area contributed by atoms with Gasteiger partial charge in [-0.2, -0.15) is 0 Å². The maximum absolute atomic E-state index is 12.1. The Hall–Kier alpha value is -1.50. The summed E-state index contributed by atoms with van der Waals surface area (Å²) < 4.78 is 24.5. The van der Waals surface area contributed by atoms with E-state index in [9.17, 15) is 13.2 Å². The van der Waals surface area contributed by atoms with Crippen LogP contribution in [0.15, 0.2) is 12.3 Å². The van der Waals surface area contributed by atoms with Crippen molar-refractivity contribution in [3.8, 4) is 0 Å². The number of nitrogens with zero attached hydrogens (tertiary/aromatic N) is 1. The second-order valence-electron chi connectivity index (χ2n) is 4.93. The molecule has 0 spiro atoms. The number of carbonyl (C=O) groups is 1. The molecule has 2 rings (SSSR count). The molecule has 0 bridgehead atoms. The first-order valence-corrected chi connectivity index (χ1v) is 8.20. The average Bonchev–Trinajstić information content (AvgIpc) is 2.82. The molecule has 0 aromatic carbocycles. The van der Waals surface area contributed by atoms with Crippen molar-refractivity contribution in [3.63, 3.8) is 0 Å². The summed E-state index contributed by atoms with van der Waals surface area (Å²) in [6, 6.07) is 1.33. The van der Waals surface area contributed by atoms with Crippen LogP contribution in [0.3, 0.4) is 0 Å². The fraction of sp³-hybridized carbons (Fsp3) is 0.583. The van der Waals surface area contributed by atoms with E-state index in [0.717, 1.165) is 6.42 Å². The number of rotatable bonds is 4. The molecule has 6 nitrogen and oxygen atoms in total. The summed E-state index contributed by atoms with van der Waals surface area (Å²) >= 11 is 0. The van der Waals surface area contributed by atoms with Gasteiger partial charge in [0.1, 0.15) is 5.69 Å². The number of carbonyl (C=O) groups excluding carboxylic acids is 1. The van der Waals surface area contributed by atoms with Gasteiger partial charge in [0.15, 0.2) is 9.84 Å². The van der Waals surface area contributed by atoms with Gasteiger partial charge in [-0.25, -0.2) is 8.42 Å². The van der Waals surface area contributed by atoms with Crippen LogP contribution in [-0.4, -0.2) is 36.4 Å². The van der Waals surface area contributed by atoms with Crippen molar-refractivity contribution in [1.29, 1.82) is 0 Å². The number of amides is 1. The number of aromatic nitrogens is 1. The standard InChI is InChI=1S/C12H19N3O3S/c1-2-4-15-7-9(13)6-11(15)12(16)14-10-3-5-19(17,18)8-10/h6-7,10H,2-5,8,13H2,1H3,(H,14,16). The monoisotopic (exact) mass is 285 g/mol. The number of nitrogens with two attached hydrogens (primary N) is 1. The minimum Gasteiger partial charge on any atom is -0.397 e. The molecule has 1 aliphatic heterocycles. The van der Waals surface area contributed by atoms with E-state index in [0.29, 0.717) is 24.3 Å². The van der Waals surface area contributed by atoms with E-state index in [1.54, 1.807) is 16.8 Å². The van der Waals surface area contributed by atoms with Crippen LogP contribution in [0, 0.1) is 0 Å². The van der Waals surface area contributed by atoms with Crippen LogP contribution in [0.1, 0.15) is 30.3 Å². The fourth-order valence-corrected chi connectivity index (χ4v) is 3.99. The van der Waals surface area contributed by atoms with Crippen LogP contribution < -0.4 is 11.1 Å². The fourth-order valence-electron chi connectivity index (χ4n) is 2.32. The molecular formula is C12H19N3O3S. The summed E-state index contributed by atoms with van der Waals surface area (Å²) in [7, 11) is -2.98. The number of hydrogen-bond donors (Lipinski definition) is 2. The van der Waals surface area contributed by atoms with E-state index < -0.39 is 9.84 Å². The average molecular weight is 285 g/mol. The lowest BCUT2D eigenvalue weighted by Crippen LogP contribution is -2.36. The Bertz CT molecular complexity index is 577. The summed E-state index contributed by atoms with van der Waals surface area (Å²) in [6.07, 6.45) is 3.11. The van der Waals surface area contributed by atoms with Crippen molar-refractivity contribution >= 4 is 21.4 Å². The number of sulfone groups is 1. The summed E-state index contributed by atoms with van der Waals surface area (Å²) in [5.74, 6) is -0.0778.